The lowest BCUT2D eigenvalue weighted by Gasteiger charge is -1.98. The Kier molecular flexibility index (Phi) is 4.95. The third-order valence-electron chi connectivity index (χ3n) is 3.64. The molecule has 0 atom stereocenters. The van der Waals surface area contributed by atoms with Crippen molar-refractivity contribution in [1.82, 2.24) is 15.1 Å². The minimum Gasteiger partial charge on any atom is -0.453 e. The molecule has 4 rings (SSSR count). The molecule has 0 N–H and O–H groups in total. The van der Waals surface area contributed by atoms with E-state index in [-0.39, 0.29) is 24.0 Å². The molecule has 8 heteroatoms. The summed E-state index contributed by atoms with van der Waals surface area (Å²) in [6, 6.07) is 16.8. The van der Waals surface area contributed by atoms with E-state index in [0.29, 0.717) is 10.6 Å². The number of carbonyl (C=O) groups is 1. The highest BCUT2D eigenvalue weighted by Gasteiger charge is 2.16. The van der Waals surface area contributed by atoms with Gasteiger partial charge in [-0.1, -0.05) is 59.2 Å². The number of nitrogens with zero attached hydrogens (tertiary/aromatic N) is 3. The van der Waals surface area contributed by atoms with Gasteiger partial charge < -0.3 is 9.26 Å². The Balaban J connectivity index is 1.42. The van der Waals surface area contributed by atoms with Gasteiger partial charge in [-0.2, -0.15) is 4.98 Å². The number of benzene rings is 2. The lowest BCUT2D eigenvalue weighted by Crippen LogP contribution is -2.06. The molecular weight excluding hydrogens is 386 g/mol. The van der Waals surface area contributed by atoms with Gasteiger partial charge >= 0.3 is 5.97 Å². The number of hydrogen-bond donors (Lipinski definition) is 0. The molecule has 0 aliphatic rings. The maximum atomic E-state index is 12.2. The van der Waals surface area contributed by atoms with E-state index in [1.54, 1.807) is 17.5 Å². The van der Waals surface area contributed by atoms with Gasteiger partial charge in [0.1, 0.15) is 5.01 Å². The zero-order valence-electron chi connectivity index (χ0n) is 13.8. The van der Waals surface area contributed by atoms with Crippen molar-refractivity contribution in [2.24, 2.45) is 0 Å². The molecule has 27 heavy (non-hydrogen) atoms. The molecule has 0 aliphatic heterocycles. The van der Waals surface area contributed by atoms with E-state index < -0.39 is 5.97 Å². The maximum Gasteiger partial charge on any atom is 0.358 e. The molecule has 6 nitrogen and oxygen atoms in total. The van der Waals surface area contributed by atoms with Crippen LogP contribution in [-0.4, -0.2) is 21.1 Å². The molecule has 0 radical (unpaired) electrons. The summed E-state index contributed by atoms with van der Waals surface area (Å²) in [5.41, 5.74) is 1.81. The first-order valence-corrected chi connectivity index (χ1v) is 9.22. The van der Waals surface area contributed by atoms with Crippen LogP contribution >= 0.6 is 22.9 Å². The van der Waals surface area contributed by atoms with Crippen molar-refractivity contribution in [1.29, 1.82) is 0 Å². The molecule has 0 fully saturated rings. The Labute approximate surface area is 163 Å². The zero-order valence-corrected chi connectivity index (χ0v) is 15.4. The van der Waals surface area contributed by atoms with Gasteiger partial charge in [0, 0.05) is 10.9 Å². The van der Waals surface area contributed by atoms with E-state index in [1.807, 2.05) is 42.5 Å². The van der Waals surface area contributed by atoms with Gasteiger partial charge in [-0.3, -0.25) is 0 Å². The van der Waals surface area contributed by atoms with Crippen molar-refractivity contribution in [2.45, 2.75) is 6.61 Å². The Morgan fingerprint density at radius 3 is 2.67 bits per heavy atom. The normalized spacial score (nSPS) is 10.7. The Bertz CT molecular complexity index is 1080. The topological polar surface area (TPSA) is 78.1 Å². The lowest BCUT2D eigenvalue weighted by molar-refractivity contribution is 0.0454. The summed E-state index contributed by atoms with van der Waals surface area (Å²) in [5.74, 6) is -0.0269. The third kappa shape index (κ3) is 3.89. The number of esters is 1. The zero-order chi connectivity index (χ0) is 18.6. The quantitative estimate of drug-likeness (QED) is 0.447. The molecule has 2 aromatic heterocycles. The summed E-state index contributed by atoms with van der Waals surface area (Å²) in [4.78, 5) is 20.7. The highest BCUT2D eigenvalue weighted by Crippen LogP contribution is 2.26. The average Bonchev–Trinajstić information content (AvgIpc) is 3.37. The predicted molar refractivity (Wildman–Crippen MR) is 101 cm³/mol. The molecule has 2 heterocycles. The van der Waals surface area contributed by atoms with Crippen LogP contribution in [0.4, 0.5) is 0 Å². The second-order valence-corrected chi connectivity index (χ2v) is 6.74. The van der Waals surface area contributed by atoms with E-state index in [9.17, 15) is 4.79 Å². The number of aromatic nitrogens is 3. The molecule has 0 unspecified atom stereocenters. The van der Waals surface area contributed by atoms with E-state index in [2.05, 4.69) is 15.1 Å². The minimum absolute atomic E-state index is 0.120. The number of rotatable bonds is 5. The molecule has 0 bridgehead atoms. The van der Waals surface area contributed by atoms with Crippen LogP contribution in [0.2, 0.25) is 5.02 Å². The van der Waals surface area contributed by atoms with Crippen molar-refractivity contribution in [3.8, 4) is 22.0 Å². The van der Waals surface area contributed by atoms with Crippen LogP contribution in [0.3, 0.4) is 0 Å². The minimum atomic E-state index is -0.544. The molecule has 2 aromatic carbocycles. The summed E-state index contributed by atoms with van der Waals surface area (Å²) >= 11 is 7.49. The molecule has 134 valence electrons. The number of thiazole rings is 1. The van der Waals surface area contributed by atoms with Gasteiger partial charge in [-0.05, 0) is 12.1 Å². The fourth-order valence-electron chi connectivity index (χ4n) is 2.34. The summed E-state index contributed by atoms with van der Waals surface area (Å²) in [6.07, 6.45) is 0. The van der Waals surface area contributed by atoms with Crippen molar-refractivity contribution in [3.05, 3.63) is 76.5 Å². The van der Waals surface area contributed by atoms with Gasteiger partial charge in [0.05, 0.1) is 10.6 Å². The first-order chi connectivity index (χ1) is 13.2. The molecule has 0 amide bonds. The van der Waals surface area contributed by atoms with Crippen LogP contribution in [0.15, 0.2) is 64.5 Å². The van der Waals surface area contributed by atoms with Gasteiger partial charge in [-0.25, -0.2) is 9.78 Å². The van der Waals surface area contributed by atoms with Crippen LogP contribution in [0.1, 0.15) is 16.3 Å². The number of hydrogen-bond acceptors (Lipinski definition) is 7. The summed E-state index contributed by atoms with van der Waals surface area (Å²) in [7, 11) is 0. The smallest absolute Gasteiger partial charge is 0.358 e. The van der Waals surface area contributed by atoms with Crippen LogP contribution < -0.4 is 0 Å². The number of carbonyl (C=O) groups excluding carboxylic acids is 1. The van der Waals surface area contributed by atoms with Crippen molar-refractivity contribution in [3.63, 3.8) is 0 Å². The van der Waals surface area contributed by atoms with Crippen molar-refractivity contribution < 1.29 is 14.1 Å². The fraction of sp³-hybridized carbons (Fsp3) is 0.0526. The fourth-order valence-corrected chi connectivity index (χ4v) is 3.35. The second kappa shape index (κ2) is 7.69. The third-order valence-corrected chi connectivity index (χ3v) is 4.86. The Hall–Kier alpha value is -3.03. The van der Waals surface area contributed by atoms with Crippen molar-refractivity contribution in [2.75, 3.05) is 0 Å². The lowest BCUT2D eigenvalue weighted by atomic mass is 10.2. The molecule has 0 saturated carbocycles. The standard InChI is InChI=1S/C19H12ClN3O3S/c20-14-9-5-4-8-13(14)17-22-16(23-26-17)10-25-19(24)15-11-27-18(21-15)12-6-2-1-3-7-12/h1-9,11H,10H2. The molecule has 4 aromatic rings. The maximum absolute atomic E-state index is 12.2. The molecule has 0 aliphatic carbocycles. The van der Waals surface area contributed by atoms with E-state index >= 15 is 0 Å². The first-order valence-electron chi connectivity index (χ1n) is 7.96. The Morgan fingerprint density at radius 1 is 1.07 bits per heavy atom. The van der Waals surface area contributed by atoms with Gasteiger partial charge in [0.15, 0.2) is 12.3 Å². The first kappa shape index (κ1) is 17.4. The van der Waals surface area contributed by atoms with Crippen LogP contribution in [-0.2, 0) is 11.3 Å². The summed E-state index contributed by atoms with van der Waals surface area (Å²) in [6.45, 7) is -0.120. The predicted octanol–water partition coefficient (Wildman–Crippen LogP) is 4.87. The summed E-state index contributed by atoms with van der Waals surface area (Å²) < 4.78 is 10.4. The average molecular weight is 398 g/mol. The van der Waals surface area contributed by atoms with Crippen molar-refractivity contribution >= 4 is 28.9 Å². The molecule has 0 saturated heterocycles. The largest absolute Gasteiger partial charge is 0.453 e. The van der Waals surface area contributed by atoms with E-state index in [4.69, 9.17) is 20.9 Å². The van der Waals surface area contributed by atoms with Gasteiger partial charge in [0.25, 0.3) is 5.89 Å². The van der Waals surface area contributed by atoms with Crippen LogP contribution in [0.25, 0.3) is 22.0 Å². The molecule has 0 spiro atoms. The highest BCUT2D eigenvalue weighted by atomic mass is 35.5. The Morgan fingerprint density at radius 2 is 1.85 bits per heavy atom. The SMILES string of the molecule is O=C(OCc1noc(-c2ccccc2Cl)n1)c1csc(-c2ccccc2)n1. The molecular formula is C19H12ClN3O3S. The summed E-state index contributed by atoms with van der Waals surface area (Å²) in [5, 5.41) is 6.73. The highest BCUT2D eigenvalue weighted by molar-refractivity contribution is 7.13. The van der Waals surface area contributed by atoms with Gasteiger partial charge in [-0.15, -0.1) is 11.3 Å². The number of halogens is 1. The monoisotopic (exact) mass is 397 g/mol. The van der Waals surface area contributed by atoms with E-state index in [0.717, 1.165) is 10.6 Å². The second-order valence-electron chi connectivity index (χ2n) is 5.48. The van der Waals surface area contributed by atoms with E-state index in [1.165, 1.54) is 11.3 Å². The number of ether oxygens (including phenoxy) is 1. The van der Waals surface area contributed by atoms with Gasteiger partial charge in [0.2, 0.25) is 5.82 Å². The van der Waals surface area contributed by atoms with Crippen LogP contribution in [0, 0.1) is 0 Å². The van der Waals surface area contributed by atoms with Crippen LogP contribution in [0.5, 0.6) is 0 Å².